The summed E-state index contributed by atoms with van der Waals surface area (Å²) < 4.78 is 1.82. The van der Waals surface area contributed by atoms with Crippen LogP contribution in [-0.4, -0.2) is 20.8 Å². The maximum Gasteiger partial charge on any atom is 0.134 e. The van der Waals surface area contributed by atoms with Gasteiger partial charge in [-0.25, -0.2) is 0 Å². The molecule has 0 aliphatic carbocycles. The van der Waals surface area contributed by atoms with Crippen molar-refractivity contribution in [2.75, 3.05) is 5.32 Å². The monoisotopic (exact) mass is 268 g/mol. The van der Waals surface area contributed by atoms with E-state index in [9.17, 15) is 0 Å². The Labute approximate surface area is 115 Å². The predicted molar refractivity (Wildman–Crippen MR) is 81.0 cm³/mol. The lowest BCUT2D eigenvalue weighted by molar-refractivity contribution is 0.525. The third kappa shape index (κ3) is 3.70. The van der Waals surface area contributed by atoms with Gasteiger partial charge < -0.3 is 11.1 Å². The van der Waals surface area contributed by atoms with Crippen molar-refractivity contribution in [1.82, 2.24) is 9.78 Å². The van der Waals surface area contributed by atoms with Crippen LogP contribution >= 0.6 is 12.2 Å². The summed E-state index contributed by atoms with van der Waals surface area (Å²) in [5.74, 6) is 1.65. The molecule has 1 aromatic heterocycles. The molecule has 1 rings (SSSR count). The minimum atomic E-state index is 0.385. The fourth-order valence-electron chi connectivity index (χ4n) is 2.01. The number of thiocarbonyl (C=S) groups is 1. The molecule has 18 heavy (non-hydrogen) atoms. The van der Waals surface area contributed by atoms with Crippen molar-refractivity contribution in [1.29, 1.82) is 0 Å². The first-order chi connectivity index (χ1) is 8.32. The molecule has 0 bridgehead atoms. The number of aryl methyl sites for hydroxylation is 2. The molecular formula is C13H24N4S. The van der Waals surface area contributed by atoms with Crippen molar-refractivity contribution in [2.45, 2.75) is 46.6 Å². The van der Waals surface area contributed by atoms with E-state index in [1.165, 1.54) is 6.42 Å². The van der Waals surface area contributed by atoms with E-state index >= 15 is 0 Å². The number of rotatable bonds is 6. The van der Waals surface area contributed by atoms with E-state index in [0.717, 1.165) is 29.4 Å². The van der Waals surface area contributed by atoms with Crippen LogP contribution in [0.25, 0.3) is 0 Å². The molecular weight excluding hydrogens is 244 g/mol. The summed E-state index contributed by atoms with van der Waals surface area (Å²) in [6.45, 7) is 8.58. The quantitative estimate of drug-likeness (QED) is 0.779. The number of aromatic nitrogens is 2. The minimum absolute atomic E-state index is 0.385. The topological polar surface area (TPSA) is 55.9 Å². The molecule has 0 fully saturated rings. The molecule has 0 saturated carbocycles. The first kappa shape index (κ1) is 15.0. The summed E-state index contributed by atoms with van der Waals surface area (Å²) in [7, 11) is 1.91. The fourth-order valence-corrected chi connectivity index (χ4v) is 2.25. The third-order valence-corrected chi connectivity index (χ3v) is 3.23. The molecule has 0 aliphatic heterocycles. The van der Waals surface area contributed by atoms with Crippen LogP contribution in [0.5, 0.6) is 0 Å². The highest BCUT2D eigenvalue weighted by molar-refractivity contribution is 7.80. The van der Waals surface area contributed by atoms with Crippen LogP contribution in [0.15, 0.2) is 0 Å². The normalized spacial score (nSPS) is 12.8. The van der Waals surface area contributed by atoms with Crippen molar-refractivity contribution in [3.05, 3.63) is 11.3 Å². The van der Waals surface area contributed by atoms with Crippen molar-refractivity contribution in [2.24, 2.45) is 18.7 Å². The van der Waals surface area contributed by atoms with E-state index in [2.05, 4.69) is 31.2 Å². The zero-order chi connectivity index (χ0) is 13.9. The molecule has 0 aromatic carbocycles. The highest BCUT2D eigenvalue weighted by atomic mass is 32.1. The largest absolute Gasteiger partial charge is 0.389 e. The molecule has 3 N–H and O–H groups in total. The highest BCUT2D eigenvalue weighted by Crippen LogP contribution is 2.20. The van der Waals surface area contributed by atoms with Crippen molar-refractivity contribution in [3.8, 4) is 0 Å². The molecule has 0 saturated heterocycles. The van der Waals surface area contributed by atoms with E-state index in [1.807, 2.05) is 18.7 Å². The summed E-state index contributed by atoms with van der Waals surface area (Å²) >= 11 is 5.09. The summed E-state index contributed by atoms with van der Waals surface area (Å²) in [6.07, 6.45) is 2.33. The summed E-state index contributed by atoms with van der Waals surface area (Å²) in [4.78, 5) is 0.402. The van der Waals surface area contributed by atoms with Gasteiger partial charge in [0.15, 0.2) is 0 Å². The van der Waals surface area contributed by atoms with Gasteiger partial charge in [-0.3, -0.25) is 4.68 Å². The second kappa shape index (κ2) is 6.18. The number of hydrogen-bond donors (Lipinski definition) is 2. The first-order valence-electron chi connectivity index (χ1n) is 6.42. The van der Waals surface area contributed by atoms with Gasteiger partial charge in [-0.15, -0.1) is 0 Å². The van der Waals surface area contributed by atoms with Crippen LogP contribution in [-0.2, 0) is 7.05 Å². The van der Waals surface area contributed by atoms with Crippen molar-refractivity contribution in [3.63, 3.8) is 0 Å². The third-order valence-electron chi connectivity index (χ3n) is 3.03. The zero-order valence-corrected chi connectivity index (χ0v) is 12.8. The second-order valence-electron chi connectivity index (χ2n) is 5.31. The molecule has 1 atom stereocenters. The second-order valence-corrected chi connectivity index (χ2v) is 5.75. The van der Waals surface area contributed by atoms with Gasteiger partial charge in [0.2, 0.25) is 0 Å². The smallest absolute Gasteiger partial charge is 0.134 e. The van der Waals surface area contributed by atoms with Crippen molar-refractivity contribution < 1.29 is 0 Å². The Bertz CT molecular complexity index is 423. The Kier molecular flexibility index (Phi) is 5.14. The minimum Gasteiger partial charge on any atom is -0.389 e. The summed E-state index contributed by atoms with van der Waals surface area (Å²) in [5, 5.41) is 7.84. The Morgan fingerprint density at radius 3 is 2.50 bits per heavy atom. The number of nitrogens with two attached hydrogens (primary N) is 1. The SMILES string of the molecule is Cc1nn(C)c(NC(C)CCC(C)C)c1C(N)=S. The first-order valence-corrected chi connectivity index (χ1v) is 6.83. The average molecular weight is 268 g/mol. The van der Waals surface area contributed by atoms with E-state index in [0.29, 0.717) is 11.0 Å². The maximum absolute atomic E-state index is 5.76. The Hall–Kier alpha value is -1.10. The van der Waals surface area contributed by atoms with E-state index in [1.54, 1.807) is 0 Å². The van der Waals surface area contributed by atoms with Gasteiger partial charge in [-0.1, -0.05) is 26.1 Å². The molecule has 1 unspecified atom stereocenters. The van der Waals surface area contributed by atoms with Crippen LogP contribution in [0.2, 0.25) is 0 Å². The molecule has 0 aliphatic rings. The molecule has 4 nitrogen and oxygen atoms in total. The van der Waals surface area contributed by atoms with E-state index < -0.39 is 0 Å². The molecule has 102 valence electrons. The predicted octanol–water partition coefficient (Wildman–Crippen LogP) is 2.60. The fraction of sp³-hybridized carbons (Fsp3) is 0.692. The highest BCUT2D eigenvalue weighted by Gasteiger charge is 2.17. The van der Waals surface area contributed by atoms with Crippen LogP contribution in [0.4, 0.5) is 5.82 Å². The van der Waals surface area contributed by atoms with Crippen LogP contribution in [0.3, 0.4) is 0 Å². The van der Waals surface area contributed by atoms with Gasteiger partial charge >= 0.3 is 0 Å². The van der Waals surface area contributed by atoms with Gasteiger partial charge in [-0.2, -0.15) is 5.10 Å². The summed E-state index contributed by atoms with van der Waals surface area (Å²) in [5.41, 5.74) is 7.51. The molecule has 0 amide bonds. The average Bonchev–Trinajstić information content (AvgIpc) is 2.51. The lowest BCUT2D eigenvalue weighted by atomic mass is 10.0. The molecule has 1 heterocycles. The molecule has 0 radical (unpaired) electrons. The Balaban J connectivity index is 2.80. The van der Waals surface area contributed by atoms with E-state index in [-0.39, 0.29) is 0 Å². The number of nitrogens with zero attached hydrogens (tertiary/aromatic N) is 2. The van der Waals surface area contributed by atoms with Crippen molar-refractivity contribution >= 4 is 23.0 Å². The van der Waals surface area contributed by atoms with Crippen LogP contribution < -0.4 is 11.1 Å². The number of anilines is 1. The van der Waals surface area contributed by atoms with Gasteiger partial charge in [-0.05, 0) is 32.6 Å². The zero-order valence-electron chi connectivity index (χ0n) is 11.9. The number of nitrogens with one attached hydrogen (secondary N) is 1. The van der Waals surface area contributed by atoms with Crippen LogP contribution in [0, 0.1) is 12.8 Å². The Morgan fingerprint density at radius 2 is 2.00 bits per heavy atom. The van der Waals surface area contributed by atoms with Gasteiger partial charge in [0.1, 0.15) is 10.8 Å². The standard InChI is InChI=1S/C13H24N4S/c1-8(2)6-7-9(3)15-13-11(12(14)18)10(4)16-17(13)5/h8-9,15H,6-7H2,1-5H3,(H2,14,18). The summed E-state index contributed by atoms with van der Waals surface area (Å²) in [6, 6.07) is 0.385. The lowest BCUT2D eigenvalue weighted by Crippen LogP contribution is -2.21. The molecule has 1 aromatic rings. The van der Waals surface area contributed by atoms with Gasteiger partial charge in [0.25, 0.3) is 0 Å². The van der Waals surface area contributed by atoms with E-state index in [4.69, 9.17) is 18.0 Å². The molecule has 5 heteroatoms. The lowest BCUT2D eigenvalue weighted by Gasteiger charge is -2.17. The van der Waals surface area contributed by atoms with Crippen LogP contribution in [0.1, 0.15) is 44.9 Å². The maximum atomic E-state index is 5.76. The number of hydrogen-bond acceptors (Lipinski definition) is 3. The molecule has 0 spiro atoms. The van der Waals surface area contributed by atoms with Gasteiger partial charge in [0, 0.05) is 13.1 Å². The Morgan fingerprint density at radius 1 is 1.39 bits per heavy atom. The van der Waals surface area contributed by atoms with Gasteiger partial charge in [0.05, 0.1) is 11.3 Å².